The van der Waals surface area contributed by atoms with Crippen LogP contribution in [0, 0.1) is 11.3 Å². The van der Waals surface area contributed by atoms with Gasteiger partial charge in [-0.3, -0.25) is 0 Å². The molecule has 0 spiro atoms. The molecule has 0 radical (unpaired) electrons. The molecule has 96 valence electrons. The summed E-state index contributed by atoms with van der Waals surface area (Å²) in [5.74, 6) is 0.672. The first kappa shape index (κ1) is 13.1. The van der Waals surface area contributed by atoms with E-state index in [2.05, 4.69) is 28.2 Å². The number of nitrogens with zero attached hydrogens (tertiary/aromatic N) is 3. The summed E-state index contributed by atoms with van der Waals surface area (Å²) in [7, 11) is 0. The van der Waals surface area contributed by atoms with E-state index in [1.54, 1.807) is 12.1 Å². The largest absolute Gasteiger partial charge is 0.366 e. The molecule has 1 aliphatic heterocycles. The third-order valence-corrected chi connectivity index (χ3v) is 3.24. The number of hydrogen-bond acceptors (Lipinski definition) is 4. The van der Waals surface area contributed by atoms with Gasteiger partial charge in [-0.05, 0) is 45.0 Å². The summed E-state index contributed by atoms with van der Waals surface area (Å²) in [4.78, 5) is 6.62. The molecular formula is C13H17ClN4. The maximum Gasteiger partial charge on any atom is 0.132 e. The summed E-state index contributed by atoms with van der Waals surface area (Å²) in [5, 5.41) is 12.5. The summed E-state index contributed by atoms with van der Waals surface area (Å²) >= 11 is 5.87. The van der Waals surface area contributed by atoms with Gasteiger partial charge in [-0.15, -0.1) is 0 Å². The van der Waals surface area contributed by atoms with Crippen molar-refractivity contribution in [3.05, 3.63) is 22.8 Å². The van der Waals surface area contributed by atoms with Crippen LogP contribution in [0.5, 0.6) is 0 Å². The van der Waals surface area contributed by atoms with Crippen molar-refractivity contribution in [2.24, 2.45) is 0 Å². The smallest absolute Gasteiger partial charge is 0.132 e. The van der Waals surface area contributed by atoms with Gasteiger partial charge < -0.3 is 10.2 Å². The minimum Gasteiger partial charge on any atom is -0.366 e. The predicted octanol–water partition coefficient (Wildman–Crippen LogP) is 2.50. The fourth-order valence-corrected chi connectivity index (χ4v) is 2.49. The number of aromatic nitrogens is 1. The number of likely N-dealkylation sites (tertiary alicyclic amines) is 1. The van der Waals surface area contributed by atoms with E-state index in [0.29, 0.717) is 22.6 Å². The van der Waals surface area contributed by atoms with Crippen LogP contribution in [-0.2, 0) is 0 Å². The molecule has 0 aliphatic carbocycles. The van der Waals surface area contributed by atoms with E-state index in [0.717, 1.165) is 6.54 Å². The Balaban J connectivity index is 1.95. The van der Waals surface area contributed by atoms with Crippen LogP contribution in [0.15, 0.2) is 12.1 Å². The molecule has 1 unspecified atom stereocenters. The zero-order chi connectivity index (χ0) is 13.0. The Morgan fingerprint density at radius 1 is 1.50 bits per heavy atom. The van der Waals surface area contributed by atoms with Crippen LogP contribution in [0.1, 0.15) is 25.3 Å². The molecule has 0 aromatic carbocycles. The quantitative estimate of drug-likeness (QED) is 0.849. The highest BCUT2D eigenvalue weighted by molar-refractivity contribution is 6.29. The number of anilines is 1. The van der Waals surface area contributed by atoms with E-state index in [1.165, 1.54) is 25.9 Å². The van der Waals surface area contributed by atoms with Gasteiger partial charge >= 0.3 is 0 Å². The summed E-state index contributed by atoms with van der Waals surface area (Å²) in [6.07, 6.45) is 2.58. The van der Waals surface area contributed by atoms with Gasteiger partial charge in [0.15, 0.2) is 0 Å². The molecule has 1 aromatic heterocycles. The molecule has 1 saturated heterocycles. The van der Waals surface area contributed by atoms with Crippen LogP contribution in [0.2, 0.25) is 5.15 Å². The van der Waals surface area contributed by atoms with Crippen LogP contribution in [-0.4, -0.2) is 35.6 Å². The van der Waals surface area contributed by atoms with E-state index >= 15 is 0 Å². The summed E-state index contributed by atoms with van der Waals surface area (Å²) in [6.45, 7) is 5.47. The molecule has 0 saturated carbocycles. The number of halogens is 1. The van der Waals surface area contributed by atoms with Gasteiger partial charge in [0.2, 0.25) is 0 Å². The van der Waals surface area contributed by atoms with Crippen molar-refractivity contribution < 1.29 is 0 Å². The van der Waals surface area contributed by atoms with Crippen molar-refractivity contribution in [1.82, 2.24) is 9.88 Å². The average Bonchev–Trinajstić information content (AvgIpc) is 2.80. The normalized spacial score (nSPS) is 17.4. The molecule has 1 atom stereocenters. The molecule has 1 aliphatic rings. The summed E-state index contributed by atoms with van der Waals surface area (Å²) < 4.78 is 0. The second-order valence-corrected chi connectivity index (χ2v) is 5.12. The van der Waals surface area contributed by atoms with Crippen molar-refractivity contribution in [3.63, 3.8) is 0 Å². The fraction of sp³-hybridized carbons (Fsp3) is 0.538. The highest BCUT2D eigenvalue weighted by Gasteiger charge is 2.14. The number of rotatable bonds is 4. The SMILES string of the molecule is CC(CN1CCCC1)Nc1cc(C#N)cc(Cl)n1. The van der Waals surface area contributed by atoms with Gasteiger partial charge in [-0.2, -0.15) is 5.26 Å². The van der Waals surface area contributed by atoms with Gasteiger partial charge in [0.25, 0.3) is 0 Å². The lowest BCUT2D eigenvalue weighted by Crippen LogP contribution is -2.33. The van der Waals surface area contributed by atoms with Gasteiger partial charge in [0.05, 0.1) is 11.6 Å². The highest BCUT2D eigenvalue weighted by Crippen LogP contribution is 2.15. The van der Waals surface area contributed by atoms with Crippen LogP contribution < -0.4 is 5.32 Å². The first-order valence-electron chi connectivity index (χ1n) is 6.24. The zero-order valence-corrected chi connectivity index (χ0v) is 11.2. The maximum atomic E-state index is 8.88. The second-order valence-electron chi connectivity index (χ2n) is 4.73. The van der Waals surface area contributed by atoms with Crippen LogP contribution in [0.25, 0.3) is 0 Å². The van der Waals surface area contributed by atoms with E-state index in [9.17, 15) is 0 Å². The van der Waals surface area contributed by atoms with Crippen molar-refractivity contribution in [2.45, 2.75) is 25.8 Å². The molecule has 2 rings (SSSR count). The maximum absolute atomic E-state index is 8.88. The van der Waals surface area contributed by atoms with Gasteiger partial charge in [-0.1, -0.05) is 11.6 Å². The first-order chi connectivity index (χ1) is 8.67. The average molecular weight is 265 g/mol. The number of hydrogen-bond donors (Lipinski definition) is 1. The molecule has 0 amide bonds. The lowest BCUT2D eigenvalue weighted by molar-refractivity contribution is 0.327. The number of nitrogens with one attached hydrogen (secondary N) is 1. The van der Waals surface area contributed by atoms with Crippen molar-refractivity contribution in [3.8, 4) is 6.07 Å². The Morgan fingerprint density at radius 3 is 2.89 bits per heavy atom. The molecular weight excluding hydrogens is 248 g/mol. The molecule has 1 aromatic rings. The minimum absolute atomic E-state index is 0.292. The molecule has 1 N–H and O–H groups in total. The Morgan fingerprint density at radius 2 is 2.22 bits per heavy atom. The van der Waals surface area contributed by atoms with Crippen molar-refractivity contribution >= 4 is 17.4 Å². The molecule has 2 heterocycles. The van der Waals surface area contributed by atoms with E-state index in [-0.39, 0.29) is 0 Å². The highest BCUT2D eigenvalue weighted by atomic mass is 35.5. The van der Waals surface area contributed by atoms with Gasteiger partial charge in [-0.25, -0.2) is 4.98 Å². The Hall–Kier alpha value is -1.31. The summed E-state index contributed by atoms with van der Waals surface area (Å²) in [6, 6.07) is 5.67. The zero-order valence-electron chi connectivity index (χ0n) is 10.5. The third kappa shape index (κ3) is 3.59. The Labute approximate surface area is 113 Å². The van der Waals surface area contributed by atoms with Crippen molar-refractivity contribution in [1.29, 1.82) is 5.26 Å². The van der Waals surface area contributed by atoms with Crippen LogP contribution >= 0.6 is 11.6 Å². The summed E-state index contributed by atoms with van der Waals surface area (Å²) in [5.41, 5.74) is 0.533. The van der Waals surface area contributed by atoms with Crippen LogP contribution in [0.3, 0.4) is 0 Å². The van der Waals surface area contributed by atoms with Crippen molar-refractivity contribution in [2.75, 3.05) is 25.0 Å². The second kappa shape index (κ2) is 6.03. The molecule has 5 heteroatoms. The van der Waals surface area contributed by atoms with E-state index in [1.807, 2.05) is 0 Å². The minimum atomic E-state index is 0.292. The lowest BCUT2D eigenvalue weighted by Gasteiger charge is -2.21. The Kier molecular flexibility index (Phi) is 4.40. The Bertz CT molecular complexity index is 449. The lowest BCUT2D eigenvalue weighted by atomic mass is 10.2. The molecule has 1 fully saturated rings. The monoisotopic (exact) mass is 264 g/mol. The topological polar surface area (TPSA) is 52.0 Å². The molecule has 18 heavy (non-hydrogen) atoms. The number of pyridine rings is 1. The standard InChI is InChI=1S/C13H17ClN4/c1-10(9-18-4-2-3-5-18)16-13-7-11(8-15)6-12(14)17-13/h6-7,10H,2-5,9H2,1H3,(H,16,17). The first-order valence-corrected chi connectivity index (χ1v) is 6.62. The molecule has 0 bridgehead atoms. The molecule has 4 nitrogen and oxygen atoms in total. The van der Waals surface area contributed by atoms with Gasteiger partial charge in [0.1, 0.15) is 11.0 Å². The van der Waals surface area contributed by atoms with Crippen LogP contribution in [0.4, 0.5) is 5.82 Å². The third-order valence-electron chi connectivity index (χ3n) is 3.05. The number of nitriles is 1. The van der Waals surface area contributed by atoms with E-state index in [4.69, 9.17) is 16.9 Å². The predicted molar refractivity (Wildman–Crippen MR) is 72.7 cm³/mol. The van der Waals surface area contributed by atoms with Gasteiger partial charge in [0, 0.05) is 12.6 Å². The van der Waals surface area contributed by atoms with E-state index < -0.39 is 0 Å². The fourth-order valence-electron chi connectivity index (χ4n) is 2.29.